The number of carbonyl (C=O) groups excluding carboxylic acids is 1. The summed E-state index contributed by atoms with van der Waals surface area (Å²) in [4.78, 5) is 11.0. The lowest BCUT2D eigenvalue weighted by molar-refractivity contribution is -0.140. The molecule has 1 rings (SSSR count). The van der Waals surface area contributed by atoms with Gasteiger partial charge in [-0.05, 0) is 31.0 Å². The molecule has 0 saturated carbocycles. The first-order chi connectivity index (χ1) is 8.58. The van der Waals surface area contributed by atoms with E-state index >= 15 is 0 Å². The van der Waals surface area contributed by atoms with Gasteiger partial charge >= 0.3 is 5.97 Å². The van der Waals surface area contributed by atoms with E-state index in [9.17, 15) is 4.79 Å². The van der Waals surface area contributed by atoms with Crippen LogP contribution in [-0.2, 0) is 16.1 Å². The summed E-state index contributed by atoms with van der Waals surface area (Å²) >= 11 is 0. The van der Waals surface area contributed by atoms with Crippen LogP contribution in [0.2, 0.25) is 0 Å². The van der Waals surface area contributed by atoms with E-state index in [2.05, 4.69) is 23.0 Å². The molecule has 0 aliphatic rings. The van der Waals surface area contributed by atoms with Gasteiger partial charge in [0.2, 0.25) is 0 Å². The summed E-state index contributed by atoms with van der Waals surface area (Å²) in [5.74, 6) is 0.688. The standard InChI is InChI=1S/C14H21NO3/c1-10-7-11(2)12(13(8-10)17-3)9-15-6-5-14(16)18-4/h7-8,15H,5-6,9H2,1-4H3. The van der Waals surface area contributed by atoms with Crippen LogP contribution in [0.3, 0.4) is 0 Å². The second-order valence-electron chi connectivity index (χ2n) is 4.27. The van der Waals surface area contributed by atoms with Crippen LogP contribution in [0.5, 0.6) is 5.75 Å². The Morgan fingerprint density at radius 2 is 2.00 bits per heavy atom. The lowest BCUT2D eigenvalue weighted by atomic mass is 10.0. The Labute approximate surface area is 108 Å². The monoisotopic (exact) mass is 251 g/mol. The highest BCUT2D eigenvalue weighted by atomic mass is 16.5. The Balaban J connectivity index is 2.59. The fourth-order valence-electron chi connectivity index (χ4n) is 1.87. The lowest BCUT2D eigenvalue weighted by Gasteiger charge is -2.13. The van der Waals surface area contributed by atoms with Crippen LogP contribution >= 0.6 is 0 Å². The van der Waals surface area contributed by atoms with E-state index in [1.165, 1.54) is 18.2 Å². The Bertz CT molecular complexity index is 416. The van der Waals surface area contributed by atoms with Crippen LogP contribution in [0.4, 0.5) is 0 Å². The minimum atomic E-state index is -0.199. The molecule has 4 nitrogen and oxygen atoms in total. The predicted molar refractivity (Wildman–Crippen MR) is 70.8 cm³/mol. The first-order valence-electron chi connectivity index (χ1n) is 6.00. The number of benzene rings is 1. The molecule has 0 radical (unpaired) electrons. The molecule has 0 spiro atoms. The summed E-state index contributed by atoms with van der Waals surface area (Å²) in [5.41, 5.74) is 3.51. The van der Waals surface area contributed by atoms with Crippen molar-refractivity contribution in [3.05, 3.63) is 28.8 Å². The van der Waals surface area contributed by atoms with Crippen LogP contribution in [0.25, 0.3) is 0 Å². The molecule has 1 aromatic rings. The fourth-order valence-corrected chi connectivity index (χ4v) is 1.87. The van der Waals surface area contributed by atoms with E-state index in [-0.39, 0.29) is 5.97 Å². The first-order valence-corrected chi connectivity index (χ1v) is 6.00. The third kappa shape index (κ3) is 4.04. The summed E-state index contributed by atoms with van der Waals surface area (Å²) in [5, 5.41) is 3.22. The fraction of sp³-hybridized carbons (Fsp3) is 0.500. The molecule has 18 heavy (non-hydrogen) atoms. The first kappa shape index (κ1) is 14.5. The van der Waals surface area contributed by atoms with E-state index in [0.29, 0.717) is 19.5 Å². The number of rotatable bonds is 6. The van der Waals surface area contributed by atoms with Crippen molar-refractivity contribution in [1.29, 1.82) is 0 Å². The molecule has 1 N–H and O–H groups in total. The molecule has 4 heteroatoms. The van der Waals surface area contributed by atoms with Crippen molar-refractivity contribution in [1.82, 2.24) is 5.32 Å². The summed E-state index contributed by atoms with van der Waals surface area (Å²) < 4.78 is 9.96. The van der Waals surface area contributed by atoms with E-state index in [1.54, 1.807) is 7.11 Å². The maximum atomic E-state index is 11.0. The number of hydrogen-bond acceptors (Lipinski definition) is 4. The highest BCUT2D eigenvalue weighted by Crippen LogP contribution is 2.23. The van der Waals surface area contributed by atoms with Gasteiger partial charge in [0.1, 0.15) is 5.75 Å². The Morgan fingerprint density at radius 3 is 2.61 bits per heavy atom. The largest absolute Gasteiger partial charge is 0.496 e. The number of hydrogen-bond donors (Lipinski definition) is 1. The average molecular weight is 251 g/mol. The zero-order valence-corrected chi connectivity index (χ0v) is 11.5. The molecule has 0 aromatic heterocycles. The highest BCUT2D eigenvalue weighted by molar-refractivity contribution is 5.69. The van der Waals surface area contributed by atoms with Crippen LogP contribution in [0.15, 0.2) is 12.1 Å². The molecule has 0 bridgehead atoms. The van der Waals surface area contributed by atoms with Crippen molar-refractivity contribution in [2.45, 2.75) is 26.8 Å². The second-order valence-corrected chi connectivity index (χ2v) is 4.27. The summed E-state index contributed by atoms with van der Waals surface area (Å²) in [6.07, 6.45) is 0.379. The quantitative estimate of drug-likeness (QED) is 0.620. The minimum Gasteiger partial charge on any atom is -0.496 e. The number of aryl methyl sites for hydroxylation is 2. The second kappa shape index (κ2) is 7.01. The molecule has 100 valence electrons. The van der Waals surface area contributed by atoms with Crippen molar-refractivity contribution in [3.63, 3.8) is 0 Å². The van der Waals surface area contributed by atoms with Crippen molar-refractivity contribution in [3.8, 4) is 5.75 Å². The van der Waals surface area contributed by atoms with Gasteiger partial charge in [-0.15, -0.1) is 0 Å². The number of carbonyl (C=O) groups is 1. The van der Waals surface area contributed by atoms with E-state index in [4.69, 9.17) is 4.74 Å². The topological polar surface area (TPSA) is 47.6 Å². The van der Waals surface area contributed by atoms with Crippen LogP contribution < -0.4 is 10.1 Å². The third-order valence-electron chi connectivity index (χ3n) is 2.83. The lowest BCUT2D eigenvalue weighted by Crippen LogP contribution is -2.19. The molecule has 0 heterocycles. The molecular weight excluding hydrogens is 230 g/mol. The molecule has 0 amide bonds. The normalized spacial score (nSPS) is 10.2. The Hall–Kier alpha value is -1.55. The molecule has 0 aliphatic heterocycles. The van der Waals surface area contributed by atoms with Crippen molar-refractivity contribution in [2.75, 3.05) is 20.8 Å². The van der Waals surface area contributed by atoms with Gasteiger partial charge in [0.25, 0.3) is 0 Å². The van der Waals surface area contributed by atoms with Crippen molar-refractivity contribution in [2.24, 2.45) is 0 Å². The number of ether oxygens (including phenoxy) is 2. The van der Waals surface area contributed by atoms with Gasteiger partial charge in [0.05, 0.1) is 20.6 Å². The van der Waals surface area contributed by atoms with Crippen LogP contribution in [-0.4, -0.2) is 26.7 Å². The zero-order valence-electron chi connectivity index (χ0n) is 11.5. The summed E-state index contributed by atoms with van der Waals surface area (Å²) in [7, 11) is 3.07. The average Bonchev–Trinajstić information content (AvgIpc) is 2.35. The van der Waals surface area contributed by atoms with Gasteiger partial charge in [-0.25, -0.2) is 0 Å². The maximum Gasteiger partial charge on any atom is 0.306 e. The number of methoxy groups -OCH3 is 2. The van der Waals surface area contributed by atoms with Gasteiger partial charge < -0.3 is 14.8 Å². The van der Waals surface area contributed by atoms with E-state index in [0.717, 1.165) is 11.3 Å². The third-order valence-corrected chi connectivity index (χ3v) is 2.83. The highest BCUT2D eigenvalue weighted by Gasteiger charge is 2.07. The van der Waals surface area contributed by atoms with Gasteiger partial charge in [-0.2, -0.15) is 0 Å². The maximum absolute atomic E-state index is 11.0. The van der Waals surface area contributed by atoms with E-state index in [1.807, 2.05) is 13.0 Å². The summed E-state index contributed by atoms with van der Waals surface area (Å²) in [6.45, 7) is 5.40. The molecule has 0 atom stereocenters. The smallest absolute Gasteiger partial charge is 0.306 e. The van der Waals surface area contributed by atoms with E-state index < -0.39 is 0 Å². The van der Waals surface area contributed by atoms with Crippen LogP contribution in [0.1, 0.15) is 23.1 Å². The van der Waals surface area contributed by atoms with Crippen molar-refractivity contribution < 1.29 is 14.3 Å². The molecule has 1 aromatic carbocycles. The predicted octanol–water partition coefficient (Wildman–Crippen LogP) is 1.96. The zero-order chi connectivity index (χ0) is 13.5. The summed E-state index contributed by atoms with van der Waals surface area (Å²) in [6, 6.07) is 4.14. The number of esters is 1. The number of nitrogens with one attached hydrogen (secondary N) is 1. The van der Waals surface area contributed by atoms with Gasteiger partial charge in [-0.3, -0.25) is 4.79 Å². The van der Waals surface area contributed by atoms with Gasteiger partial charge in [-0.1, -0.05) is 6.07 Å². The molecule has 0 saturated heterocycles. The molecule has 0 fully saturated rings. The Morgan fingerprint density at radius 1 is 1.28 bits per heavy atom. The molecule has 0 aliphatic carbocycles. The van der Waals surface area contributed by atoms with Crippen LogP contribution in [0, 0.1) is 13.8 Å². The Kier molecular flexibility index (Phi) is 5.65. The molecular formula is C14H21NO3. The van der Waals surface area contributed by atoms with Gasteiger partial charge in [0.15, 0.2) is 0 Å². The van der Waals surface area contributed by atoms with Crippen molar-refractivity contribution >= 4 is 5.97 Å². The SMILES string of the molecule is COC(=O)CCNCc1c(C)cc(C)cc1OC. The molecule has 0 unspecified atom stereocenters. The minimum absolute atomic E-state index is 0.199. The van der Waals surface area contributed by atoms with Gasteiger partial charge in [0, 0.05) is 18.7 Å².